The summed E-state index contributed by atoms with van der Waals surface area (Å²) in [5.41, 5.74) is 1.13. The number of nitrogens with zero attached hydrogens (tertiary/aromatic N) is 2. The maximum absolute atomic E-state index is 12.9. The summed E-state index contributed by atoms with van der Waals surface area (Å²) < 4.78 is 38.4. The highest BCUT2D eigenvalue weighted by molar-refractivity contribution is 7.89. The van der Waals surface area contributed by atoms with Gasteiger partial charge in [0.15, 0.2) is 0 Å². The van der Waals surface area contributed by atoms with E-state index in [0.29, 0.717) is 50.1 Å². The number of rotatable bonds is 9. The van der Waals surface area contributed by atoms with Gasteiger partial charge in [-0.05, 0) is 36.5 Å². The van der Waals surface area contributed by atoms with Crippen molar-refractivity contribution < 1.29 is 23.0 Å². The SMILES string of the molecule is CC(C)c1ccc(S(=O)(=O)N2CCN(C[C@H](O)COC[C@@H]3CCCO3)CC2)cc1. The zero-order valence-electron chi connectivity index (χ0n) is 17.5. The van der Waals surface area contributed by atoms with Gasteiger partial charge in [-0.3, -0.25) is 4.90 Å². The van der Waals surface area contributed by atoms with Crippen LogP contribution < -0.4 is 0 Å². The third kappa shape index (κ3) is 6.23. The maximum atomic E-state index is 12.9. The summed E-state index contributed by atoms with van der Waals surface area (Å²) in [5.74, 6) is 0.372. The minimum atomic E-state index is -3.47. The molecule has 164 valence electrons. The number of hydrogen-bond acceptors (Lipinski definition) is 6. The fourth-order valence-electron chi connectivity index (χ4n) is 3.79. The lowest BCUT2D eigenvalue weighted by Gasteiger charge is -2.34. The van der Waals surface area contributed by atoms with E-state index in [1.54, 1.807) is 12.1 Å². The molecule has 2 fully saturated rings. The number of aliphatic hydroxyl groups is 1. The molecule has 2 aliphatic rings. The smallest absolute Gasteiger partial charge is 0.243 e. The van der Waals surface area contributed by atoms with Crippen molar-refractivity contribution in [3.05, 3.63) is 29.8 Å². The van der Waals surface area contributed by atoms with Crippen LogP contribution in [0.5, 0.6) is 0 Å². The highest BCUT2D eigenvalue weighted by atomic mass is 32.2. The van der Waals surface area contributed by atoms with Crippen LogP contribution in [0.2, 0.25) is 0 Å². The zero-order valence-corrected chi connectivity index (χ0v) is 18.3. The Balaban J connectivity index is 1.42. The Labute approximate surface area is 174 Å². The molecule has 0 aliphatic carbocycles. The molecule has 0 amide bonds. The minimum absolute atomic E-state index is 0.158. The van der Waals surface area contributed by atoms with Crippen molar-refractivity contribution in [1.29, 1.82) is 0 Å². The van der Waals surface area contributed by atoms with Gasteiger partial charge in [-0.15, -0.1) is 0 Å². The van der Waals surface area contributed by atoms with Crippen LogP contribution in [0.25, 0.3) is 0 Å². The number of ether oxygens (including phenoxy) is 2. The molecule has 0 saturated carbocycles. The number of benzene rings is 1. The zero-order chi connectivity index (χ0) is 20.9. The van der Waals surface area contributed by atoms with Crippen molar-refractivity contribution in [3.63, 3.8) is 0 Å². The fourth-order valence-corrected chi connectivity index (χ4v) is 5.21. The van der Waals surface area contributed by atoms with Gasteiger partial charge in [-0.2, -0.15) is 4.31 Å². The predicted molar refractivity (Wildman–Crippen MR) is 112 cm³/mol. The first-order valence-corrected chi connectivity index (χ1v) is 12.0. The van der Waals surface area contributed by atoms with E-state index < -0.39 is 16.1 Å². The van der Waals surface area contributed by atoms with E-state index in [0.717, 1.165) is 25.0 Å². The maximum Gasteiger partial charge on any atom is 0.243 e. The summed E-state index contributed by atoms with van der Waals surface area (Å²) >= 11 is 0. The minimum Gasteiger partial charge on any atom is -0.389 e. The van der Waals surface area contributed by atoms with Gasteiger partial charge in [0.1, 0.15) is 0 Å². The average Bonchev–Trinajstić information content (AvgIpc) is 3.22. The lowest BCUT2D eigenvalue weighted by molar-refractivity contribution is -0.0270. The molecule has 8 heteroatoms. The highest BCUT2D eigenvalue weighted by Crippen LogP contribution is 2.21. The summed E-state index contributed by atoms with van der Waals surface area (Å²) in [7, 11) is -3.47. The van der Waals surface area contributed by atoms with Crippen LogP contribution in [0.4, 0.5) is 0 Å². The van der Waals surface area contributed by atoms with Gasteiger partial charge in [0.2, 0.25) is 10.0 Å². The van der Waals surface area contributed by atoms with Crippen LogP contribution in [-0.2, 0) is 19.5 Å². The molecule has 2 aliphatic heterocycles. The van der Waals surface area contributed by atoms with Crippen molar-refractivity contribution >= 4 is 10.0 Å². The topological polar surface area (TPSA) is 79.3 Å². The largest absolute Gasteiger partial charge is 0.389 e. The molecule has 0 aromatic heterocycles. The van der Waals surface area contributed by atoms with Crippen molar-refractivity contribution in [2.45, 2.75) is 49.7 Å². The molecule has 0 spiro atoms. The molecule has 1 aromatic carbocycles. The first-order valence-electron chi connectivity index (χ1n) is 10.6. The van der Waals surface area contributed by atoms with Crippen molar-refractivity contribution in [2.75, 3.05) is 52.5 Å². The molecule has 1 N–H and O–H groups in total. The van der Waals surface area contributed by atoms with Gasteiger partial charge in [-0.1, -0.05) is 26.0 Å². The molecule has 0 bridgehead atoms. The second-order valence-corrected chi connectivity index (χ2v) is 10.2. The van der Waals surface area contributed by atoms with Crippen LogP contribution >= 0.6 is 0 Å². The lowest BCUT2D eigenvalue weighted by Crippen LogP contribution is -2.50. The number of piperazine rings is 1. The number of sulfonamides is 1. The number of hydrogen-bond donors (Lipinski definition) is 1. The van der Waals surface area contributed by atoms with E-state index in [-0.39, 0.29) is 12.7 Å². The van der Waals surface area contributed by atoms with Crippen molar-refractivity contribution in [3.8, 4) is 0 Å². The summed E-state index contributed by atoms with van der Waals surface area (Å²) in [5, 5.41) is 10.2. The molecule has 29 heavy (non-hydrogen) atoms. The van der Waals surface area contributed by atoms with Crippen molar-refractivity contribution in [2.24, 2.45) is 0 Å². The summed E-state index contributed by atoms with van der Waals surface area (Å²) in [6, 6.07) is 7.18. The van der Waals surface area contributed by atoms with Crippen LogP contribution in [0, 0.1) is 0 Å². The first-order chi connectivity index (χ1) is 13.9. The van der Waals surface area contributed by atoms with Gasteiger partial charge in [0, 0.05) is 39.3 Å². The highest BCUT2D eigenvalue weighted by Gasteiger charge is 2.29. The number of aliphatic hydroxyl groups excluding tert-OH is 1. The first kappa shape index (κ1) is 22.7. The van der Waals surface area contributed by atoms with Gasteiger partial charge in [0.05, 0.1) is 30.3 Å². The second-order valence-electron chi connectivity index (χ2n) is 8.25. The third-order valence-corrected chi connectivity index (χ3v) is 7.54. The van der Waals surface area contributed by atoms with E-state index >= 15 is 0 Å². The number of β-amino-alcohol motifs (C(OH)–C–C–N with tert-alkyl or cyclic N) is 1. The quantitative estimate of drug-likeness (QED) is 0.647. The summed E-state index contributed by atoms with van der Waals surface area (Å²) in [6.45, 7) is 8.33. The molecule has 0 unspecified atom stereocenters. The molecule has 1 aromatic rings. The Morgan fingerprint density at radius 2 is 1.86 bits per heavy atom. The Kier molecular flexibility index (Phi) is 8.07. The molecule has 2 atom stereocenters. The van der Waals surface area contributed by atoms with Gasteiger partial charge < -0.3 is 14.6 Å². The standard InChI is InChI=1S/C21H34N2O5S/c1-17(2)18-5-7-21(8-6-18)29(25,26)23-11-9-22(10-12-23)14-19(24)15-27-16-20-4-3-13-28-20/h5-8,17,19-20,24H,3-4,9-16H2,1-2H3/t19-,20-/m0/s1. The van der Waals surface area contributed by atoms with E-state index in [2.05, 4.69) is 18.7 Å². The van der Waals surface area contributed by atoms with Crippen molar-refractivity contribution in [1.82, 2.24) is 9.21 Å². The molecular formula is C21H34N2O5S. The molecule has 0 radical (unpaired) electrons. The molecular weight excluding hydrogens is 392 g/mol. The Hall–Kier alpha value is -1.03. The fraction of sp³-hybridized carbons (Fsp3) is 0.714. The third-order valence-electron chi connectivity index (χ3n) is 5.62. The second kappa shape index (κ2) is 10.3. The Bertz CT molecular complexity index is 724. The van der Waals surface area contributed by atoms with E-state index in [4.69, 9.17) is 9.47 Å². The monoisotopic (exact) mass is 426 g/mol. The molecule has 3 rings (SSSR count). The van der Waals surface area contributed by atoms with Crippen LogP contribution in [0.3, 0.4) is 0 Å². The van der Waals surface area contributed by atoms with E-state index in [9.17, 15) is 13.5 Å². The van der Waals surface area contributed by atoms with Gasteiger partial charge in [-0.25, -0.2) is 8.42 Å². The molecule has 2 heterocycles. The van der Waals surface area contributed by atoms with Crippen LogP contribution in [0.15, 0.2) is 29.2 Å². The van der Waals surface area contributed by atoms with Gasteiger partial charge in [0.25, 0.3) is 0 Å². The lowest BCUT2D eigenvalue weighted by atomic mass is 10.0. The van der Waals surface area contributed by atoms with Gasteiger partial charge >= 0.3 is 0 Å². The summed E-state index contributed by atoms with van der Waals surface area (Å²) in [6.07, 6.45) is 1.67. The normalized spacial score (nSPS) is 23.0. The molecule has 2 saturated heterocycles. The summed E-state index contributed by atoms with van der Waals surface area (Å²) in [4.78, 5) is 2.44. The van der Waals surface area contributed by atoms with Crippen LogP contribution in [-0.4, -0.2) is 87.5 Å². The van der Waals surface area contributed by atoms with E-state index in [1.165, 1.54) is 4.31 Å². The Morgan fingerprint density at radius 1 is 1.17 bits per heavy atom. The Morgan fingerprint density at radius 3 is 2.45 bits per heavy atom. The van der Waals surface area contributed by atoms with E-state index in [1.807, 2.05) is 12.1 Å². The molecule has 7 nitrogen and oxygen atoms in total. The van der Waals surface area contributed by atoms with Crippen LogP contribution in [0.1, 0.15) is 38.2 Å². The average molecular weight is 427 g/mol. The predicted octanol–water partition coefficient (Wildman–Crippen LogP) is 1.67.